The quantitative estimate of drug-likeness (QED) is 0.618. The Balaban J connectivity index is 1.85. The summed E-state index contributed by atoms with van der Waals surface area (Å²) in [5.74, 6) is 0.665. The van der Waals surface area contributed by atoms with E-state index in [9.17, 15) is 0 Å². The minimum Gasteiger partial charge on any atom is -0.364 e. The van der Waals surface area contributed by atoms with Gasteiger partial charge in [0.25, 0.3) is 0 Å². The van der Waals surface area contributed by atoms with E-state index in [1.807, 2.05) is 16.7 Å². The molecule has 0 bridgehead atoms. The van der Waals surface area contributed by atoms with Crippen LogP contribution in [0.15, 0.2) is 35.1 Å². The van der Waals surface area contributed by atoms with Crippen molar-refractivity contribution in [3.05, 3.63) is 45.9 Å². The molecule has 0 radical (unpaired) electrons. The number of imidazole rings is 1. The number of aryl methyl sites for hydroxylation is 1. The maximum Gasteiger partial charge on any atom is 0.226 e. The number of aromatic nitrogens is 4. The van der Waals surface area contributed by atoms with E-state index in [0.29, 0.717) is 12.4 Å². The molecule has 3 rings (SSSR count). The summed E-state index contributed by atoms with van der Waals surface area (Å²) < 4.78 is 3.08. The van der Waals surface area contributed by atoms with Crippen molar-refractivity contribution in [3.63, 3.8) is 0 Å². The largest absolute Gasteiger partial charge is 0.364 e. The Labute approximate surface area is 148 Å². The van der Waals surface area contributed by atoms with Crippen LogP contribution in [-0.2, 0) is 13.1 Å². The summed E-state index contributed by atoms with van der Waals surface area (Å²) in [7, 11) is 0. The fraction of sp³-hybridized carbons (Fsp3) is 0.312. The first kappa shape index (κ1) is 16.2. The third-order valence-corrected chi connectivity index (χ3v) is 4.26. The molecule has 2 aromatic heterocycles. The predicted octanol–water partition coefficient (Wildman–Crippen LogP) is 4.65. The molecule has 7 heteroatoms. The van der Waals surface area contributed by atoms with Crippen LogP contribution >= 0.6 is 27.5 Å². The van der Waals surface area contributed by atoms with Crippen molar-refractivity contribution < 1.29 is 0 Å². The van der Waals surface area contributed by atoms with Crippen LogP contribution in [0, 0.1) is 0 Å². The van der Waals surface area contributed by atoms with E-state index in [2.05, 4.69) is 55.3 Å². The molecule has 0 fully saturated rings. The third kappa shape index (κ3) is 3.82. The molecule has 0 amide bonds. The summed E-state index contributed by atoms with van der Waals surface area (Å²) in [5, 5.41) is 3.54. The molecule has 3 aromatic rings. The van der Waals surface area contributed by atoms with E-state index in [1.54, 1.807) is 6.33 Å². The van der Waals surface area contributed by atoms with Gasteiger partial charge in [0.1, 0.15) is 0 Å². The van der Waals surface area contributed by atoms with Crippen molar-refractivity contribution in [1.29, 1.82) is 0 Å². The maximum atomic E-state index is 6.08. The van der Waals surface area contributed by atoms with Crippen LogP contribution in [0.3, 0.4) is 0 Å². The van der Waals surface area contributed by atoms with Crippen LogP contribution in [0.25, 0.3) is 11.2 Å². The molecule has 0 aliphatic rings. The van der Waals surface area contributed by atoms with Gasteiger partial charge in [-0.15, -0.1) is 0 Å². The number of anilines is 1. The highest BCUT2D eigenvalue weighted by Gasteiger charge is 2.12. The number of hydrogen-bond acceptors (Lipinski definition) is 4. The van der Waals surface area contributed by atoms with Gasteiger partial charge in [-0.2, -0.15) is 9.97 Å². The van der Waals surface area contributed by atoms with Crippen molar-refractivity contribution >= 4 is 44.5 Å². The lowest BCUT2D eigenvalue weighted by molar-refractivity contribution is 0.641. The minimum absolute atomic E-state index is 0.231. The van der Waals surface area contributed by atoms with Crippen molar-refractivity contribution in [1.82, 2.24) is 19.5 Å². The normalized spacial score (nSPS) is 11.1. The van der Waals surface area contributed by atoms with Crippen LogP contribution < -0.4 is 5.32 Å². The van der Waals surface area contributed by atoms with Gasteiger partial charge in [0.2, 0.25) is 5.28 Å². The molecule has 2 heterocycles. The molecule has 23 heavy (non-hydrogen) atoms. The fourth-order valence-electron chi connectivity index (χ4n) is 2.32. The molecule has 0 unspecified atom stereocenters. The van der Waals surface area contributed by atoms with Gasteiger partial charge in [0.05, 0.1) is 6.33 Å². The Morgan fingerprint density at radius 1 is 1.22 bits per heavy atom. The highest BCUT2D eigenvalue weighted by molar-refractivity contribution is 9.10. The highest BCUT2D eigenvalue weighted by atomic mass is 79.9. The van der Waals surface area contributed by atoms with Gasteiger partial charge in [0, 0.05) is 17.6 Å². The second kappa shape index (κ2) is 7.27. The van der Waals surface area contributed by atoms with Gasteiger partial charge in [-0.25, -0.2) is 4.98 Å². The summed E-state index contributed by atoms with van der Waals surface area (Å²) in [6, 6.07) is 8.13. The predicted molar refractivity (Wildman–Crippen MR) is 96.7 cm³/mol. The molecular weight excluding hydrogens is 378 g/mol. The summed E-state index contributed by atoms with van der Waals surface area (Å²) in [5.41, 5.74) is 2.68. The zero-order valence-electron chi connectivity index (χ0n) is 12.8. The number of nitrogens with zero attached hydrogens (tertiary/aromatic N) is 4. The molecule has 0 spiro atoms. The monoisotopic (exact) mass is 393 g/mol. The summed E-state index contributed by atoms with van der Waals surface area (Å²) in [6.45, 7) is 3.69. The summed E-state index contributed by atoms with van der Waals surface area (Å²) in [4.78, 5) is 13.1. The van der Waals surface area contributed by atoms with Crippen molar-refractivity contribution in [3.8, 4) is 0 Å². The first-order valence-corrected chi connectivity index (χ1v) is 8.71. The van der Waals surface area contributed by atoms with E-state index in [4.69, 9.17) is 11.6 Å². The maximum absolute atomic E-state index is 6.08. The summed E-state index contributed by atoms with van der Waals surface area (Å²) >= 11 is 9.52. The van der Waals surface area contributed by atoms with Crippen LogP contribution in [0.4, 0.5) is 5.82 Å². The molecule has 0 aliphatic carbocycles. The van der Waals surface area contributed by atoms with Crippen LogP contribution in [0.2, 0.25) is 5.28 Å². The number of hydrogen-bond donors (Lipinski definition) is 1. The zero-order valence-corrected chi connectivity index (χ0v) is 15.1. The summed E-state index contributed by atoms with van der Waals surface area (Å²) in [6.07, 6.45) is 4.00. The van der Waals surface area contributed by atoms with Gasteiger partial charge >= 0.3 is 0 Å². The molecule has 1 aromatic carbocycles. The van der Waals surface area contributed by atoms with E-state index < -0.39 is 0 Å². The van der Waals surface area contributed by atoms with Gasteiger partial charge in [-0.1, -0.05) is 41.4 Å². The fourth-order valence-corrected chi connectivity index (χ4v) is 2.75. The Bertz CT molecular complexity index is 800. The van der Waals surface area contributed by atoms with Crippen molar-refractivity contribution in [2.45, 2.75) is 32.9 Å². The average Bonchev–Trinajstić information content (AvgIpc) is 2.95. The van der Waals surface area contributed by atoms with E-state index >= 15 is 0 Å². The van der Waals surface area contributed by atoms with E-state index in [1.165, 1.54) is 0 Å². The van der Waals surface area contributed by atoms with Gasteiger partial charge in [0.15, 0.2) is 17.0 Å². The molecule has 5 nitrogen and oxygen atoms in total. The van der Waals surface area contributed by atoms with Crippen molar-refractivity contribution in [2.24, 2.45) is 0 Å². The molecule has 0 aliphatic heterocycles. The first-order chi connectivity index (χ1) is 11.2. The number of nitrogens with one attached hydrogen (secondary N) is 1. The van der Waals surface area contributed by atoms with E-state index in [-0.39, 0.29) is 5.28 Å². The second-order valence-corrected chi connectivity index (χ2v) is 6.54. The Kier molecular flexibility index (Phi) is 5.13. The smallest absolute Gasteiger partial charge is 0.226 e. The second-order valence-electron chi connectivity index (χ2n) is 5.28. The number of fused-ring (bicyclic) bond motifs is 1. The van der Waals surface area contributed by atoms with Crippen LogP contribution in [0.1, 0.15) is 25.3 Å². The molecule has 1 N–H and O–H groups in total. The molecule has 120 valence electrons. The number of halogens is 2. The topological polar surface area (TPSA) is 55.6 Å². The Hall–Kier alpha value is -1.66. The van der Waals surface area contributed by atoms with Gasteiger partial charge < -0.3 is 9.88 Å². The van der Waals surface area contributed by atoms with E-state index in [0.717, 1.165) is 40.6 Å². The van der Waals surface area contributed by atoms with Crippen molar-refractivity contribution in [2.75, 3.05) is 5.32 Å². The number of benzene rings is 1. The lowest BCUT2D eigenvalue weighted by Gasteiger charge is -2.08. The molecule has 0 saturated heterocycles. The van der Waals surface area contributed by atoms with Crippen LogP contribution in [0.5, 0.6) is 0 Å². The Morgan fingerprint density at radius 3 is 2.74 bits per heavy atom. The zero-order chi connectivity index (χ0) is 16.2. The third-order valence-electron chi connectivity index (χ3n) is 3.56. The highest BCUT2D eigenvalue weighted by Crippen LogP contribution is 2.22. The standard InChI is InChI=1S/C16H17BrClN5/c1-2-3-8-23-10-20-13-14(21-16(18)22-15(13)23)19-9-11-4-6-12(17)7-5-11/h4-7,10H,2-3,8-9H2,1H3,(H,19,21,22). The number of unbranched alkanes of at least 4 members (excludes halogenated alkanes) is 1. The molecule has 0 saturated carbocycles. The van der Waals surface area contributed by atoms with Crippen LogP contribution in [-0.4, -0.2) is 19.5 Å². The number of rotatable bonds is 6. The van der Waals surface area contributed by atoms with Gasteiger partial charge in [-0.3, -0.25) is 0 Å². The molecule has 0 atom stereocenters. The Morgan fingerprint density at radius 2 is 2.00 bits per heavy atom. The minimum atomic E-state index is 0.231. The van der Waals surface area contributed by atoms with Gasteiger partial charge in [-0.05, 0) is 35.7 Å². The first-order valence-electron chi connectivity index (χ1n) is 7.54. The lowest BCUT2D eigenvalue weighted by Crippen LogP contribution is -2.04. The lowest BCUT2D eigenvalue weighted by atomic mass is 10.2. The molecular formula is C16H17BrClN5. The average molecular weight is 395 g/mol. The SMILES string of the molecule is CCCCn1cnc2c(NCc3ccc(Br)cc3)nc(Cl)nc21.